The Morgan fingerprint density at radius 3 is 2.41 bits per heavy atom. The maximum atomic E-state index is 12.7. The fourth-order valence-electron chi connectivity index (χ4n) is 3.52. The first kappa shape index (κ1) is 21.4. The highest BCUT2D eigenvalue weighted by molar-refractivity contribution is 7.89. The van der Waals surface area contributed by atoms with Crippen LogP contribution in [-0.2, 0) is 17.1 Å². The number of aryl methyl sites for hydroxylation is 2. The Balaban J connectivity index is 1.73. The lowest BCUT2D eigenvalue weighted by molar-refractivity contribution is 0.101. The Morgan fingerprint density at radius 1 is 1.14 bits per heavy atom. The third-order valence-electron chi connectivity index (χ3n) is 5.43. The lowest BCUT2D eigenvalue weighted by Crippen LogP contribution is -2.46. The monoisotopic (exact) mass is 419 g/mol. The van der Waals surface area contributed by atoms with Gasteiger partial charge in [0.1, 0.15) is 10.6 Å². The summed E-state index contributed by atoms with van der Waals surface area (Å²) in [5.41, 5.74) is 3.10. The number of hydrogen-bond acceptors (Lipinski definition) is 5. The summed E-state index contributed by atoms with van der Waals surface area (Å²) in [6.45, 7) is 9.31. The summed E-state index contributed by atoms with van der Waals surface area (Å²) in [4.78, 5) is 17.6. The molecule has 1 amide bonds. The number of nitrogens with zero attached hydrogens (tertiary/aromatic N) is 3. The largest absolute Gasteiger partial charge is 0.369 e. The summed E-state index contributed by atoms with van der Waals surface area (Å²) in [5.74, 6) is -0.350. The van der Waals surface area contributed by atoms with Gasteiger partial charge < -0.3 is 19.7 Å². The van der Waals surface area contributed by atoms with Crippen molar-refractivity contribution in [3.63, 3.8) is 0 Å². The zero-order chi connectivity index (χ0) is 21.2. The summed E-state index contributed by atoms with van der Waals surface area (Å²) in [6, 6.07) is 7.38. The minimum Gasteiger partial charge on any atom is -0.369 e. The molecule has 1 fully saturated rings. The molecule has 3 rings (SSSR count). The van der Waals surface area contributed by atoms with Crippen molar-refractivity contribution in [2.75, 3.05) is 50.0 Å². The van der Waals surface area contributed by atoms with Gasteiger partial charge in [-0.2, -0.15) is 0 Å². The first-order chi connectivity index (χ1) is 13.7. The highest BCUT2D eigenvalue weighted by Crippen LogP contribution is 2.24. The molecule has 0 bridgehead atoms. The van der Waals surface area contributed by atoms with Crippen molar-refractivity contribution in [1.82, 2.24) is 14.2 Å². The molecule has 0 aliphatic carbocycles. The topological polar surface area (TPSA) is 86.7 Å². The Kier molecular flexibility index (Phi) is 6.30. The van der Waals surface area contributed by atoms with E-state index in [9.17, 15) is 13.2 Å². The van der Waals surface area contributed by atoms with Crippen LogP contribution in [0.25, 0.3) is 0 Å². The van der Waals surface area contributed by atoms with Gasteiger partial charge in [-0.05, 0) is 50.3 Å². The van der Waals surface area contributed by atoms with E-state index >= 15 is 0 Å². The molecule has 29 heavy (non-hydrogen) atoms. The number of rotatable bonds is 6. The molecule has 1 saturated heterocycles. The van der Waals surface area contributed by atoms with Crippen molar-refractivity contribution in [3.05, 3.63) is 41.7 Å². The van der Waals surface area contributed by atoms with Gasteiger partial charge in [0, 0.05) is 50.8 Å². The number of piperazine rings is 1. The maximum absolute atomic E-state index is 12.7. The Hall–Kier alpha value is -2.36. The Morgan fingerprint density at radius 2 is 1.83 bits per heavy atom. The van der Waals surface area contributed by atoms with Crippen LogP contribution < -0.4 is 14.9 Å². The number of carbonyl (C=O) groups is 1. The smallest absolute Gasteiger partial charge is 0.272 e. The predicted molar refractivity (Wildman–Crippen MR) is 115 cm³/mol. The van der Waals surface area contributed by atoms with E-state index in [-0.39, 0.29) is 16.5 Å². The van der Waals surface area contributed by atoms with Crippen LogP contribution >= 0.6 is 0 Å². The van der Waals surface area contributed by atoms with Gasteiger partial charge in [0.2, 0.25) is 10.0 Å². The number of benzene rings is 1. The molecule has 0 saturated carbocycles. The predicted octanol–water partition coefficient (Wildman–Crippen LogP) is 1.64. The third kappa shape index (κ3) is 4.63. The van der Waals surface area contributed by atoms with Crippen LogP contribution in [0.15, 0.2) is 35.4 Å². The molecule has 0 radical (unpaired) electrons. The lowest BCUT2D eigenvalue weighted by atomic mass is 10.1. The van der Waals surface area contributed by atoms with Crippen molar-refractivity contribution in [3.8, 4) is 0 Å². The highest BCUT2D eigenvalue weighted by Gasteiger charge is 2.20. The molecule has 2 N–H and O–H groups in total. The second-order valence-corrected chi connectivity index (χ2v) is 9.14. The molecule has 0 spiro atoms. The molecule has 1 aromatic carbocycles. The van der Waals surface area contributed by atoms with Crippen LogP contribution in [0.4, 0.5) is 11.4 Å². The summed E-state index contributed by atoms with van der Waals surface area (Å²) >= 11 is 0. The van der Waals surface area contributed by atoms with Gasteiger partial charge in [-0.1, -0.05) is 6.92 Å². The molecule has 2 aromatic rings. The quantitative estimate of drug-likeness (QED) is 0.743. The lowest BCUT2D eigenvalue weighted by Gasteiger charge is -2.35. The molecular weight excluding hydrogens is 390 g/mol. The molecule has 9 heteroatoms. The molecular formula is C20H29N5O3S. The first-order valence-electron chi connectivity index (χ1n) is 9.74. The molecule has 2 heterocycles. The highest BCUT2D eigenvalue weighted by atomic mass is 32.2. The van der Waals surface area contributed by atoms with E-state index in [1.54, 1.807) is 7.05 Å². The van der Waals surface area contributed by atoms with Crippen molar-refractivity contribution in [2.45, 2.75) is 18.7 Å². The average molecular weight is 420 g/mol. The zero-order valence-corrected chi connectivity index (χ0v) is 18.2. The van der Waals surface area contributed by atoms with Gasteiger partial charge >= 0.3 is 0 Å². The van der Waals surface area contributed by atoms with Crippen LogP contribution in [0.1, 0.15) is 23.0 Å². The van der Waals surface area contributed by atoms with E-state index in [1.165, 1.54) is 23.9 Å². The number of nitrogens with one attached hydrogen (secondary N) is 2. The van der Waals surface area contributed by atoms with Gasteiger partial charge in [-0.3, -0.25) is 4.79 Å². The second-order valence-electron chi connectivity index (χ2n) is 7.25. The van der Waals surface area contributed by atoms with Crippen molar-refractivity contribution in [1.29, 1.82) is 0 Å². The first-order valence-corrected chi connectivity index (χ1v) is 11.2. The summed E-state index contributed by atoms with van der Waals surface area (Å²) in [5, 5.41) is 2.89. The number of hydrogen-bond donors (Lipinski definition) is 2. The fourth-order valence-corrected chi connectivity index (χ4v) is 4.32. The summed E-state index contributed by atoms with van der Waals surface area (Å²) in [6.07, 6.45) is 1.42. The normalized spacial score (nSPS) is 15.5. The number of sulfonamides is 1. The number of amides is 1. The molecule has 8 nitrogen and oxygen atoms in total. The SMILES string of the molecule is CCN1CCN(c2ccc(NC(=O)c3cc(S(=O)(=O)NC)cn3C)c(C)c2)CC1. The summed E-state index contributed by atoms with van der Waals surface area (Å²) < 4.78 is 27.7. The van der Waals surface area contributed by atoms with Gasteiger partial charge in [0.15, 0.2) is 0 Å². The van der Waals surface area contributed by atoms with E-state index in [0.29, 0.717) is 5.69 Å². The van der Waals surface area contributed by atoms with Gasteiger partial charge in [0.25, 0.3) is 5.91 Å². The zero-order valence-electron chi connectivity index (χ0n) is 17.4. The number of likely N-dealkylation sites (N-methyl/N-ethyl adjacent to an activating group) is 1. The number of carbonyl (C=O) groups excluding carboxylic acids is 1. The van der Waals surface area contributed by atoms with Crippen molar-refractivity contribution >= 4 is 27.3 Å². The van der Waals surface area contributed by atoms with E-state index in [0.717, 1.165) is 44.0 Å². The van der Waals surface area contributed by atoms with E-state index in [1.807, 2.05) is 19.1 Å². The molecule has 0 atom stereocenters. The second kappa shape index (κ2) is 8.56. The van der Waals surface area contributed by atoms with Crippen LogP contribution in [0.2, 0.25) is 0 Å². The van der Waals surface area contributed by atoms with Crippen LogP contribution in [-0.4, -0.2) is 63.6 Å². The van der Waals surface area contributed by atoms with E-state index in [4.69, 9.17) is 0 Å². The third-order valence-corrected chi connectivity index (χ3v) is 6.82. The van der Waals surface area contributed by atoms with Gasteiger partial charge in [-0.15, -0.1) is 0 Å². The van der Waals surface area contributed by atoms with Crippen LogP contribution in [0, 0.1) is 6.92 Å². The Labute approximate surface area is 172 Å². The van der Waals surface area contributed by atoms with Crippen LogP contribution in [0.3, 0.4) is 0 Å². The maximum Gasteiger partial charge on any atom is 0.272 e. The standard InChI is InChI=1S/C20H29N5O3S/c1-5-24-8-10-25(11-9-24)16-6-7-18(15(2)12-16)22-20(26)19-13-17(14-23(19)4)29(27,28)21-3/h6-7,12-14,21H,5,8-11H2,1-4H3,(H,22,26). The van der Waals surface area contributed by atoms with Crippen molar-refractivity contribution in [2.24, 2.45) is 7.05 Å². The fraction of sp³-hybridized carbons (Fsp3) is 0.450. The number of aromatic nitrogens is 1. The van der Waals surface area contributed by atoms with E-state index in [2.05, 4.69) is 32.8 Å². The number of anilines is 2. The molecule has 1 aromatic heterocycles. The molecule has 0 unspecified atom stereocenters. The molecule has 1 aliphatic heterocycles. The molecule has 1 aliphatic rings. The van der Waals surface area contributed by atoms with Crippen molar-refractivity contribution < 1.29 is 13.2 Å². The average Bonchev–Trinajstić information content (AvgIpc) is 3.12. The van der Waals surface area contributed by atoms with Gasteiger partial charge in [-0.25, -0.2) is 13.1 Å². The van der Waals surface area contributed by atoms with Crippen LogP contribution in [0.5, 0.6) is 0 Å². The van der Waals surface area contributed by atoms with E-state index < -0.39 is 10.0 Å². The van der Waals surface area contributed by atoms with Gasteiger partial charge in [0.05, 0.1) is 0 Å². The molecule has 158 valence electrons. The minimum absolute atomic E-state index is 0.0611. The summed E-state index contributed by atoms with van der Waals surface area (Å²) in [7, 11) is -0.608. The Bertz CT molecular complexity index is 992. The minimum atomic E-state index is -3.60.